The van der Waals surface area contributed by atoms with E-state index >= 15 is 0 Å². The van der Waals surface area contributed by atoms with Crippen molar-refractivity contribution in [1.82, 2.24) is 9.78 Å². The van der Waals surface area contributed by atoms with Crippen molar-refractivity contribution in [3.8, 4) is 33.1 Å². The SMILES string of the molecule is CCOc1cc(F)ccc1-c1sc2cc(F)ccc2c1-c1c(O)c(C)nn(C)c1=O. The Balaban J connectivity index is 2.16. The van der Waals surface area contributed by atoms with Crippen LogP contribution in [-0.4, -0.2) is 21.5 Å². The Labute approximate surface area is 174 Å². The first-order valence-corrected chi connectivity index (χ1v) is 10.1. The maximum absolute atomic E-state index is 13.9. The molecule has 4 aromatic rings. The second-order valence-corrected chi connectivity index (χ2v) is 7.81. The number of hydrogen-bond donors (Lipinski definition) is 1. The van der Waals surface area contributed by atoms with Gasteiger partial charge in [-0.05, 0) is 44.2 Å². The zero-order chi connectivity index (χ0) is 21.6. The first kappa shape index (κ1) is 20.0. The van der Waals surface area contributed by atoms with Crippen LogP contribution in [0, 0.1) is 18.6 Å². The second kappa shape index (κ2) is 7.53. The lowest BCUT2D eigenvalue weighted by Crippen LogP contribution is -2.22. The van der Waals surface area contributed by atoms with E-state index in [4.69, 9.17) is 4.74 Å². The van der Waals surface area contributed by atoms with Crippen molar-refractivity contribution < 1.29 is 18.6 Å². The molecule has 8 heteroatoms. The Hall–Kier alpha value is -3.26. The molecule has 2 aromatic heterocycles. The number of aromatic hydroxyl groups is 1. The Morgan fingerprint density at radius 1 is 1.13 bits per heavy atom. The van der Waals surface area contributed by atoms with E-state index in [0.29, 0.717) is 38.4 Å². The third-order valence-corrected chi connectivity index (χ3v) is 5.96. The molecule has 2 aromatic carbocycles. The minimum atomic E-state index is -0.497. The van der Waals surface area contributed by atoms with Crippen LogP contribution in [0.25, 0.3) is 31.7 Å². The summed E-state index contributed by atoms with van der Waals surface area (Å²) in [5.74, 6) is -0.834. The van der Waals surface area contributed by atoms with Gasteiger partial charge < -0.3 is 9.84 Å². The number of thiophene rings is 1. The van der Waals surface area contributed by atoms with Gasteiger partial charge >= 0.3 is 0 Å². The fourth-order valence-corrected chi connectivity index (χ4v) is 4.72. The highest BCUT2D eigenvalue weighted by atomic mass is 32.1. The molecule has 154 valence electrons. The van der Waals surface area contributed by atoms with Gasteiger partial charge in [-0.25, -0.2) is 13.5 Å². The third-order valence-electron chi connectivity index (χ3n) is 4.78. The molecule has 0 aliphatic rings. The highest BCUT2D eigenvalue weighted by Gasteiger charge is 2.25. The van der Waals surface area contributed by atoms with E-state index in [0.717, 1.165) is 4.68 Å². The summed E-state index contributed by atoms with van der Waals surface area (Å²) in [5, 5.41) is 15.4. The van der Waals surface area contributed by atoms with Gasteiger partial charge in [0, 0.05) is 39.2 Å². The van der Waals surface area contributed by atoms with Crippen LogP contribution in [0.15, 0.2) is 41.2 Å². The molecular formula is C22H18F2N2O3S. The van der Waals surface area contributed by atoms with Crippen molar-refractivity contribution in [1.29, 1.82) is 0 Å². The number of ether oxygens (including phenoxy) is 1. The maximum atomic E-state index is 13.9. The van der Waals surface area contributed by atoms with Crippen molar-refractivity contribution in [3.63, 3.8) is 0 Å². The van der Waals surface area contributed by atoms with Crippen LogP contribution in [0.2, 0.25) is 0 Å². The molecule has 0 aliphatic heterocycles. The second-order valence-electron chi connectivity index (χ2n) is 6.76. The van der Waals surface area contributed by atoms with Crippen molar-refractivity contribution in [2.45, 2.75) is 13.8 Å². The first-order chi connectivity index (χ1) is 14.3. The number of rotatable bonds is 4. The Morgan fingerprint density at radius 3 is 2.57 bits per heavy atom. The van der Waals surface area contributed by atoms with Crippen LogP contribution in [0.4, 0.5) is 8.78 Å². The normalized spacial score (nSPS) is 11.2. The van der Waals surface area contributed by atoms with Gasteiger partial charge in [0.25, 0.3) is 5.56 Å². The summed E-state index contributed by atoms with van der Waals surface area (Å²) in [6.07, 6.45) is 0. The Bertz CT molecular complexity index is 1340. The van der Waals surface area contributed by atoms with Crippen LogP contribution in [0.5, 0.6) is 11.5 Å². The van der Waals surface area contributed by atoms with Gasteiger partial charge in [-0.15, -0.1) is 11.3 Å². The lowest BCUT2D eigenvalue weighted by molar-refractivity contribution is 0.340. The highest BCUT2D eigenvalue weighted by Crippen LogP contribution is 2.48. The minimum absolute atomic E-state index is 0.0598. The fourth-order valence-electron chi connectivity index (χ4n) is 3.45. The standard InChI is InChI=1S/C22H18F2N2O3S/c1-4-29-16-9-12(23)5-7-14(16)21-18(15-8-6-13(24)10-17(15)30-21)19-20(27)11(2)25-26(3)22(19)28/h5-10,27H,4H2,1-3H3. The molecule has 4 rings (SSSR count). The fraction of sp³-hybridized carbons (Fsp3) is 0.182. The average molecular weight is 428 g/mol. The molecule has 0 bridgehead atoms. The minimum Gasteiger partial charge on any atom is -0.505 e. The molecule has 1 N–H and O–H groups in total. The van der Waals surface area contributed by atoms with Gasteiger partial charge in [-0.3, -0.25) is 4.79 Å². The molecule has 30 heavy (non-hydrogen) atoms. The molecule has 0 spiro atoms. The van der Waals surface area contributed by atoms with E-state index < -0.39 is 17.2 Å². The van der Waals surface area contributed by atoms with Crippen molar-refractivity contribution in [3.05, 3.63) is 64.1 Å². The van der Waals surface area contributed by atoms with Crippen molar-refractivity contribution in [2.75, 3.05) is 6.61 Å². The van der Waals surface area contributed by atoms with E-state index in [-0.39, 0.29) is 17.0 Å². The quantitative estimate of drug-likeness (QED) is 0.496. The van der Waals surface area contributed by atoms with Crippen LogP contribution < -0.4 is 10.3 Å². The van der Waals surface area contributed by atoms with E-state index in [2.05, 4.69) is 5.10 Å². The largest absolute Gasteiger partial charge is 0.505 e. The Kier molecular flexibility index (Phi) is 5.03. The molecule has 0 amide bonds. The van der Waals surface area contributed by atoms with Gasteiger partial charge in [0.1, 0.15) is 23.1 Å². The number of benzene rings is 2. The molecule has 0 fully saturated rings. The summed E-state index contributed by atoms with van der Waals surface area (Å²) < 4.78 is 35.2. The molecule has 0 saturated carbocycles. The number of nitrogens with zero attached hydrogens (tertiary/aromatic N) is 2. The van der Waals surface area contributed by atoms with Crippen LogP contribution in [0.3, 0.4) is 0 Å². The van der Waals surface area contributed by atoms with Gasteiger partial charge in [0.15, 0.2) is 5.75 Å². The smallest absolute Gasteiger partial charge is 0.278 e. The molecule has 0 atom stereocenters. The number of aromatic nitrogens is 2. The van der Waals surface area contributed by atoms with E-state index in [1.54, 1.807) is 26.0 Å². The number of hydrogen-bond acceptors (Lipinski definition) is 5. The number of aryl methyl sites for hydroxylation is 2. The zero-order valence-electron chi connectivity index (χ0n) is 16.5. The van der Waals surface area contributed by atoms with Gasteiger partial charge in [0.05, 0.1) is 12.2 Å². The van der Waals surface area contributed by atoms with E-state index in [1.165, 1.54) is 42.6 Å². The lowest BCUT2D eigenvalue weighted by atomic mass is 9.98. The Morgan fingerprint density at radius 2 is 1.83 bits per heavy atom. The van der Waals surface area contributed by atoms with Crippen molar-refractivity contribution >= 4 is 21.4 Å². The third kappa shape index (κ3) is 3.23. The molecule has 0 unspecified atom stereocenters. The summed E-state index contributed by atoms with van der Waals surface area (Å²) in [6.45, 7) is 3.69. The predicted octanol–water partition coefficient (Wildman–Crippen LogP) is 5.02. The zero-order valence-corrected chi connectivity index (χ0v) is 17.3. The molecule has 2 heterocycles. The highest BCUT2D eigenvalue weighted by molar-refractivity contribution is 7.23. The molecule has 0 aliphatic carbocycles. The maximum Gasteiger partial charge on any atom is 0.278 e. The first-order valence-electron chi connectivity index (χ1n) is 9.23. The summed E-state index contributed by atoms with van der Waals surface area (Å²) in [7, 11) is 1.50. The lowest BCUT2D eigenvalue weighted by Gasteiger charge is -2.13. The number of fused-ring (bicyclic) bond motifs is 1. The van der Waals surface area contributed by atoms with Gasteiger partial charge in [-0.1, -0.05) is 0 Å². The summed E-state index contributed by atoms with van der Waals surface area (Å²) >= 11 is 1.24. The average Bonchev–Trinajstić information content (AvgIpc) is 3.05. The number of halogens is 2. The van der Waals surface area contributed by atoms with Gasteiger partial charge in [-0.2, -0.15) is 5.10 Å². The van der Waals surface area contributed by atoms with Crippen LogP contribution in [-0.2, 0) is 7.05 Å². The summed E-state index contributed by atoms with van der Waals surface area (Å²) in [4.78, 5) is 13.5. The van der Waals surface area contributed by atoms with Crippen LogP contribution in [0.1, 0.15) is 12.6 Å². The molecule has 5 nitrogen and oxygen atoms in total. The topological polar surface area (TPSA) is 64.3 Å². The summed E-state index contributed by atoms with van der Waals surface area (Å²) in [6, 6.07) is 8.35. The summed E-state index contributed by atoms with van der Waals surface area (Å²) in [5.41, 5.74) is 0.827. The van der Waals surface area contributed by atoms with Crippen LogP contribution >= 0.6 is 11.3 Å². The van der Waals surface area contributed by atoms with Crippen molar-refractivity contribution in [2.24, 2.45) is 7.05 Å². The predicted molar refractivity (Wildman–Crippen MR) is 113 cm³/mol. The van der Waals surface area contributed by atoms with E-state index in [1.807, 2.05) is 0 Å². The molecule has 0 saturated heterocycles. The van der Waals surface area contributed by atoms with Gasteiger partial charge in [0.2, 0.25) is 0 Å². The molecular weight excluding hydrogens is 410 g/mol. The molecule has 0 radical (unpaired) electrons. The van der Waals surface area contributed by atoms with E-state index in [9.17, 15) is 18.7 Å². The monoisotopic (exact) mass is 428 g/mol.